The van der Waals surface area contributed by atoms with E-state index in [9.17, 15) is 13.2 Å². The third-order valence-electron chi connectivity index (χ3n) is 3.61. The molecule has 3 N–H and O–H groups in total. The van der Waals surface area contributed by atoms with Crippen LogP contribution in [0.15, 0.2) is 0 Å². The second-order valence-electron chi connectivity index (χ2n) is 5.19. The van der Waals surface area contributed by atoms with Crippen LogP contribution in [0, 0.1) is 5.92 Å². The van der Waals surface area contributed by atoms with Crippen LogP contribution in [0.5, 0.6) is 0 Å². The second kappa shape index (κ2) is 6.17. The molecule has 7 nitrogen and oxygen atoms in total. The zero-order valence-electron chi connectivity index (χ0n) is 10.9. The number of nitrogens with one attached hydrogen (secondary N) is 1. The average Bonchev–Trinajstić information content (AvgIpc) is 2.89. The Labute approximate surface area is 113 Å². The lowest BCUT2D eigenvalue weighted by atomic mass is 9.98. The van der Waals surface area contributed by atoms with Crippen LogP contribution in [-0.2, 0) is 19.7 Å². The summed E-state index contributed by atoms with van der Waals surface area (Å²) in [5.74, 6) is 0.162. The number of likely N-dealkylation sites (tertiary alicyclic amines) is 1. The van der Waals surface area contributed by atoms with Crippen molar-refractivity contribution in [2.75, 3.05) is 26.2 Å². The predicted octanol–water partition coefficient (Wildman–Crippen LogP) is -0.803. The van der Waals surface area contributed by atoms with Gasteiger partial charge in [-0.15, -0.1) is 0 Å². The van der Waals surface area contributed by atoms with Crippen molar-refractivity contribution in [2.24, 2.45) is 11.1 Å². The van der Waals surface area contributed by atoms with Crippen LogP contribution in [0.3, 0.4) is 0 Å². The number of piperidine rings is 1. The fourth-order valence-electron chi connectivity index (χ4n) is 2.64. The summed E-state index contributed by atoms with van der Waals surface area (Å²) in [5.41, 5.74) is 0. The number of hydrogen-bond acceptors (Lipinski definition) is 4. The minimum atomic E-state index is -3.66. The number of carbonyl (C=O) groups is 1. The number of ether oxygens (including phenoxy) is 1. The monoisotopic (exact) mass is 291 g/mol. The molecule has 0 aliphatic carbocycles. The average molecular weight is 291 g/mol. The van der Waals surface area contributed by atoms with Gasteiger partial charge >= 0.3 is 0 Å². The van der Waals surface area contributed by atoms with Gasteiger partial charge in [0.1, 0.15) is 6.10 Å². The van der Waals surface area contributed by atoms with Gasteiger partial charge in [0.05, 0.1) is 0 Å². The molecule has 0 aromatic carbocycles. The summed E-state index contributed by atoms with van der Waals surface area (Å²) in [6, 6.07) is 0. The Morgan fingerprint density at radius 3 is 2.79 bits per heavy atom. The SMILES string of the molecule is NS(=O)(=O)NCC1CCCN(C(=O)C2CCCO2)C1. The quantitative estimate of drug-likeness (QED) is 0.707. The van der Waals surface area contributed by atoms with Crippen molar-refractivity contribution >= 4 is 16.1 Å². The van der Waals surface area contributed by atoms with E-state index >= 15 is 0 Å². The van der Waals surface area contributed by atoms with Gasteiger partial charge in [-0.05, 0) is 31.6 Å². The molecule has 0 bridgehead atoms. The van der Waals surface area contributed by atoms with Crippen LogP contribution in [0.25, 0.3) is 0 Å². The summed E-state index contributed by atoms with van der Waals surface area (Å²) < 4.78 is 29.4. The highest BCUT2D eigenvalue weighted by atomic mass is 32.2. The number of rotatable bonds is 4. The highest BCUT2D eigenvalue weighted by Gasteiger charge is 2.31. The van der Waals surface area contributed by atoms with Gasteiger partial charge in [-0.25, -0.2) is 9.86 Å². The van der Waals surface area contributed by atoms with E-state index in [2.05, 4.69) is 4.72 Å². The molecule has 2 aliphatic rings. The molecule has 2 heterocycles. The smallest absolute Gasteiger partial charge is 0.274 e. The van der Waals surface area contributed by atoms with Crippen molar-refractivity contribution in [3.63, 3.8) is 0 Å². The first-order valence-corrected chi connectivity index (χ1v) is 8.18. The van der Waals surface area contributed by atoms with E-state index in [-0.39, 0.29) is 24.5 Å². The maximum atomic E-state index is 12.2. The summed E-state index contributed by atoms with van der Waals surface area (Å²) in [6.45, 7) is 2.24. The van der Waals surface area contributed by atoms with E-state index in [1.54, 1.807) is 4.90 Å². The molecule has 0 aromatic rings. The number of nitrogens with two attached hydrogens (primary N) is 1. The minimum absolute atomic E-state index is 0.0396. The van der Waals surface area contributed by atoms with Crippen molar-refractivity contribution in [2.45, 2.75) is 31.8 Å². The predicted molar refractivity (Wildman–Crippen MR) is 69.4 cm³/mol. The van der Waals surface area contributed by atoms with E-state index in [0.717, 1.165) is 32.2 Å². The van der Waals surface area contributed by atoms with Crippen LogP contribution in [-0.4, -0.2) is 51.6 Å². The van der Waals surface area contributed by atoms with Crippen molar-refractivity contribution in [3.05, 3.63) is 0 Å². The first kappa shape index (κ1) is 14.7. The van der Waals surface area contributed by atoms with Gasteiger partial charge in [0.25, 0.3) is 16.1 Å². The lowest BCUT2D eigenvalue weighted by Gasteiger charge is -2.34. The molecule has 2 unspecified atom stereocenters. The molecule has 2 fully saturated rings. The zero-order valence-corrected chi connectivity index (χ0v) is 11.7. The molecular weight excluding hydrogens is 270 g/mol. The van der Waals surface area contributed by atoms with Crippen molar-refractivity contribution in [1.29, 1.82) is 0 Å². The summed E-state index contributed by atoms with van der Waals surface area (Å²) in [7, 11) is -3.66. The van der Waals surface area contributed by atoms with Gasteiger partial charge < -0.3 is 9.64 Å². The Hall–Kier alpha value is -0.700. The van der Waals surface area contributed by atoms with Gasteiger partial charge in [-0.1, -0.05) is 0 Å². The molecule has 2 atom stereocenters. The number of hydrogen-bond donors (Lipinski definition) is 2. The van der Waals surface area contributed by atoms with Crippen molar-refractivity contribution in [1.82, 2.24) is 9.62 Å². The van der Waals surface area contributed by atoms with E-state index < -0.39 is 10.2 Å². The molecule has 0 radical (unpaired) electrons. The number of amides is 1. The summed E-state index contributed by atoms with van der Waals surface area (Å²) in [4.78, 5) is 14.0. The lowest BCUT2D eigenvalue weighted by Crippen LogP contribution is -2.47. The fraction of sp³-hybridized carbons (Fsp3) is 0.909. The molecule has 2 saturated heterocycles. The zero-order chi connectivity index (χ0) is 13.9. The van der Waals surface area contributed by atoms with Gasteiger partial charge in [0, 0.05) is 26.2 Å². The van der Waals surface area contributed by atoms with Gasteiger partial charge in [-0.3, -0.25) is 4.79 Å². The standard InChI is InChI=1S/C11H21N3O4S/c12-19(16,17)13-7-9-3-1-5-14(8-9)11(15)10-4-2-6-18-10/h9-10,13H,1-8H2,(H2,12,16,17). The van der Waals surface area contributed by atoms with E-state index in [4.69, 9.17) is 9.88 Å². The molecule has 8 heteroatoms. The van der Waals surface area contributed by atoms with Crippen LogP contribution >= 0.6 is 0 Å². The first-order chi connectivity index (χ1) is 8.96. The second-order valence-corrected chi connectivity index (χ2v) is 6.57. The van der Waals surface area contributed by atoms with Crippen LogP contribution in [0.4, 0.5) is 0 Å². The molecule has 1 amide bonds. The topological polar surface area (TPSA) is 102 Å². The molecule has 0 aromatic heterocycles. The Kier molecular flexibility index (Phi) is 4.77. The normalized spacial score (nSPS) is 28.6. The molecule has 2 aliphatic heterocycles. The number of nitrogens with zero attached hydrogens (tertiary/aromatic N) is 1. The highest BCUT2D eigenvalue weighted by Crippen LogP contribution is 2.20. The molecule has 110 valence electrons. The fourth-order valence-corrected chi connectivity index (χ4v) is 3.11. The summed E-state index contributed by atoms with van der Waals surface area (Å²) in [5, 5.41) is 4.91. The maximum Gasteiger partial charge on any atom is 0.274 e. The Bertz CT molecular complexity index is 420. The largest absolute Gasteiger partial charge is 0.368 e. The summed E-state index contributed by atoms with van der Waals surface area (Å²) in [6.07, 6.45) is 3.20. The molecule has 19 heavy (non-hydrogen) atoms. The lowest BCUT2D eigenvalue weighted by molar-refractivity contribution is -0.142. The third-order valence-corrected chi connectivity index (χ3v) is 4.18. The Balaban J connectivity index is 1.84. The van der Waals surface area contributed by atoms with Crippen molar-refractivity contribution in [3.8, 4) is 0 Å². The van der Waals surface area contributed by atoms with Crippen LogP contribution in [0.1, 0.15) is 25.7 Å². The van der Waals surface area contributed by atoms with E-state index in [0.29, 0.717) is 13.2 Å². The number of carbonyl (C=O) groups excluding carboxylic acids is 1. The van der Waals surface area contributed by atoms with Gasteiger partial charge in [-0.2, -0.15) is 8.42 Å². The highest BCUT2D eigenvalue weighted by molar-refractivity contribution is 7.87. The first-order valence-electron chi connectivity index (χ1n) is 6.63. The molecular formula is C11H21N3O4S. The van der Waals surface area contributed by atoms with Crippen LogP contribution in [0.2, 0.25) is 0 Å². The molecule has 2 rings (SSSR count). The van der Waals surface area contributed by atoms with Gasteiger partial charge in [0.15, 0.2) is 0 Å². The molecule has 0 spiro atoms. The van der Waals surface area contributed by atoms with Crippen LogP contribution < -0.4 is 9.86 Å². The molecule has 0 saturated carbocycles. The maximum absolute atomic E-state index is 12.2. The summed E-state index contributed by atoms with van der Waals surface area (Å²) >= 11 is 0. The third kappa shape index (κ3) is 4.41. The van der Waals surface area contributed by atoms with Gasteiger partial charge in [0.2, 0.25) is 0 Å². The minimum Gasteiger partial charge on any atom is -0.368 e. The van der Waals surface area contributed by atoms with E-state index in [1.165, 1.54) is 0 Å². The van der Waals surface area contributed by atoms with Crippen molar-refractivity contribution < 1.29 is 17.9 Å². The Morgan fingerprint density at radius 1 is 1.37 bits per heavy atom. The Morgan fingerprint density at radius 2 is 2.16 bits per heavy atom. The van der Waals surface area contributed by atoms with E-state index in [1.807, 2.05) is 0 Å².